The van der Waals surface area contributed by atoms with Gasteiger partial charge < -0.3 is 4.52 Å². The molecule has 1 heterocycles. The Balaban J connectivity index is 2.10. The summed E-state index contributed by atoms with van der Waals surface area (Å²) in [5, 5.41) is 3.97. The first-order valence-corrected chi connectivity index (χ1v) is 6.89. The SMILES string of the molecule is CC1(C)c2oncc2C[C@]2(C)CC(=O)CCC[C@@H]12. The lowest BCUT2D eigenvalue weighted by Gasteiger charge is -2.48. The standard InChI is InChI=1S/C15H21NO2/c1-14(2)12-6-4-5-11(17)8-15(12,3)7-10-9-16-18-13(10)14/h9,12H,4-8H2,1-3H3/t12-,15+/m0/s1. The Morgan fingerprint density at radius 2 is 2.11 bits per heavy atom. The largest absolute Gasteiger partial charge is 0.361 e. The Bertz CT molecular complexity index is 488. The van der Waals surface area contributed by atoms with E-state index in [-0.39, 0.29) is 10.8 Å². The predicted octanol–water partition coefficient (Wildman–Crippen LogP) is 3.27. The van der Waals surface area contributed by atoms with Crippen LogP contribution < -0.4 is 0 Å². The van der Waals surface area contributed by atoms with Crippen molar-refractivity contribution in [2.75, 3.05) is 0 Å². The highest BCUT2D eigenvalue weighted by Gasteiger charge is 2.52. The van der Waals surface area contributed by atoms with Crippen LogP contribution in [0, 0.1) is 11.3 Å². The van der Waals surface area contributed by atoms with Crippen molar-refractivity contribution in [1.29, 1.82) is 0 Å². The minimum Gasteiger partial charge on any atom is -0.361 e. The maximum absolute atomic E-state index is 12.0. The highest BCUT2D eigenvalue weighted by Crippen LogP contribution is 2.55. The van der Waals surface area contributed by atoms with Crippen LogP contribution >= 0.6 is 0 Å². The number of rotatable bonds is 0. The maximum atomic E-state index is 12.0. The van der Waals surface area contributed by atoms with Crippen LogP contribution in [-0.4, -0.2) is 10.9 Å². The third kappa shape index (κ3) is 1.56. The molecule has 3 nitrogen and oxygen atoms in total. The van der Waals surface area contributed by atoms with E-state index in [0.717, 1.165) is 31.4 Å². The Hall–Kier alpha value is -1.12. The van der Waals surface area contributed by atoms with Gasteiger partial charge in [0.2, 0.25) is 0 Å². The van der Waals surface area contributed by atoms with Crippen LogP contribution in [-0.2, 0) is 16.6 Å². The molecule has 0 aliphatic heterocycles. The molecule has 1 aromatic heterocycles. The molecule has 0 bridgehead atoms. The van der Waals surface area contributed by atoms with Crippen LogP contribution in [0.25, 0.3) is 0 Å². The van der Waals surface area contributed by atoms with Crippen LogP contribution in [0.5, 0.6) is 0 Å². The number of nitrogens with zero attached hydrogens (tertiary/aromatic N) is 1. The minimum atomic E-state index is -0.0105. The monoisotopic (exact) mass is 247 g/mol. The Morgan fingerprint density at radius 1 is 1.33 bits per heavy atom. The average molecular weight is 247 g/mol. The van der Waals surface area contributed by atoms with E-state index >= 15 is 0 Å². The van der Waals surface area contributed by atoms with Crippen LogP contribution in [0.15, 0.2) is 10.7 Å². The van der Waals surface area contributed by atoms with Crippen molar-refractivity contribution in [1.82, 2.24) is 5.16 Å². The third-order valence-corrected chi connectivity index (χ3v) is 5.09. The molecule has 18 heavy (non-hydrogen) atoms. The number of aromatic nitrogens is 1. The molecule has 0 aromatic carbocycles. The van der Waals surface area contributed by atoms with E-state index in [1.165, 1.54) is 5.56 Å². The number of Topliss-reactive ketones (excluding diaryl/α,β-unsaturated/α-hetero) is 1. The third-order valence-electron chi connectivity index (χ3n) is 5.09. The van der Waals surface area contributed by atoms with Crippen LogP contribution in [0.1, 0.15) is 57.8 Å². The second-order valence-electron chi connectivity index (χ2n) is 6.89. The quantitative estimate of drug-likeness (QED) is 0.706. The summed E-state index contributed by atoms with van der Waals surface area (Å²) in [5.74, 6) is 1.98. The van der Waals surface area contributed by atoms with Gasteiger partial charge in [0.15, 0.2) is 0 Å². The fraction of sp³-hybridized carbons (Fsp3) is 0.733. The minimum absolute atomic E-state index is 0.0105. The van der Waals surface area contributed by atoms with Crippen molar-refractivity contribution in [2.24, 2.45) is 11.3 Å². The second-order valence-corrected chi connectivity index (χ2v) is 6.89. The predicted molar refractivity (Wildman–Crippen MR) is 68.3 cm³/mol. The zero-order chi connectivity index (χ0) is 13.0. The topological polar surface area (TPSA) is 43.1 Å². The molecule has 0 spiro atoms. The van der Waals surface area contributed by atoms with Gasteiger partial charge in [0, 0.05) is 23.8 Å². The van der Waals surface area contributed by atoms with Gasteiger partial charge in [-0.15, -0.1) is 0 Å². The summed E-state index contributed by atoms with van der Waals surface area (Å²) in [7, 11) is 0. The smallest absolute Gasteiger partial charge is 0.145 e. The molecule has 0 radical (unpaired) electrons. The fourth-order valence-electron chi connectivity index (χ4n) is 4.44. The van der Waals surface area contributed by atoms with Crippen molar-refractivity contribution in [3.8, 4) is 0 Å². The van der Waals surface area contributed by atoms with Crippen molar-refractivity contribution in [3.63, 3.8) is 0 Å². The first-order valence-electron chi connectivity index (χ1n) is 6.89. The summed E-state index contributed by atoms with van der Waals surface area (Å²) in [5.41, 5.74) is 1.27. The molecule has 98 valence electrons. The van der Waals surface area contributed by atoms with E-state index in [1.54, 1.807) is 0 Å². The van der Waals surface area contributed by atoms with Gasteiger partial charge >= 0.3 is 0 Å². The molecule has 1 saturated carbocycles. The van der Waals surface area contributed by atoms with Crippen molar-refractivity contribution in [2.45, 2.75) is 58.3 Å². The zero-order valence-electron chi connectivity index (χ0n) is 11.5. The van der Waals surface area contributed by atoms with Gasteiger partial charge in [0.05, 0.1) is 6.20 Å². The molecule has 2 atom stereocenters. The molecule has 0 amide bonds. The molecule has 0 N–H and O–H groups in total. The number of hydrogen-bond donors (Lipinski definition) is 0. The van der Waals surface area contributed by atoms with Gasteiger partial charge in [-0.2, -0.15) is 0 Å². The molecular weight excluding hydrogens is 226 g/mol. The normalized spacial score (nSPS) is 34.6. The van der Waals surface area contributed by atoms with Crippen molar-refractivity contribution >= 4 is 5.78 Å². The van der Waals surface area contributed by atoms with Gasteiger partial charge in [-0.3, -0.25) is 4.79 Å². The van der Waals surface area contributed by atoms with E-state index in [1.807, 2.05) is 6.20 Å². The zero-order valence-corrected chi connectivity index (χ0v) is 11.5. The molecular formula is C15H21NO2. The van der Waals surface area contributed by atoms with Crippen LogP contribution in [0.3, 0.4) is 0 Å². The molecule has 1 aromatic rings. The first kappa shape index (κ1) is 11.9. The van der Waals surface area contributed by atoms with E-state index in [9.17, 15) is 4.79 Å². The molecule has 2 aliphatic rings. The summed E-state index contributed by atoms with van der Waals surface area (Å²) < 4.78 is 5.50. The van der Waals surface area contributed by atoms with Gasteiger partial charge in [-0.25, -0.2) is 0 Å². The Labute approximate surface area is 108 Å². The summed E-state index contributed by atoms with van der Waals surface area (Å²) >= 11 is 0. The molecule has 1 fully saturated rings. The fourth-order valence-corrected chi connectivity index (χ4v) is 4.44. The highest BCUT2D eigenvalue weighted by molar-refractivity contribution is 5.79. The molecule has 2 aliphatic carbocycles. The van der Waals surface area contributed by atoms with Gasteiger partial charge in [-0.1, -0.05) is 25.9 Å². The van der Waals surface area contributed by atoms with E-state index < -0.39 is 0 Å². The molecule has 3 rings (SSSR count). The summed E-state index contributed by atoms with van der Waals surface area (Å²) in [6, 6.07) is 0. The highest BCUT2D eigenvalue weighted by atomic mass is 16.5. The van der Waals surface area contributed by atoms with Crippen molar-refractivity contribution in [3.05, 3.63) is 17.5 Å². The number of ketones is 1. The van der Waals surface area contributed by atoms with Gasteiger partial charge in [-0.05, 0) is 30.6 Å². The van der Waals surface area contributed by atoms with Crippen molar-refractivity contribution < 1.29 is 9.32 Å². The van der Waals surface area contributed by atoms with E-state index in [4.69, 9.17) is 4.52 Å². The number of fused-ring (bicyclic) bond motifs is 2. The van der Waals surface area contributed by atoms with Crippen LogP contribution in [0.4, 0.5) is 0 Å². The lowest BCUT2D eigenvalue weighted by molar-refractivity contribution is -0.121. The van der Waals surface area contributed by atoms with Crippen LogP contribution in [0.2, 0.25) is 0 Å². The molecule has 0 unspecified atom stereocenters. The number of hydrogen-bond acceptors (Lipinski definition) is 3. The van der Waals surface area contributed by atoms with Gasteiger partial charge in [0.25, 0.3) is 0 Å². The number of carbonyl (C=O) groups is 1. The lowest BCUT2D eigenvalue weighted by atomic mass is 9.55. The summed E-state index contributed by atoms with van der Waals surface area (Å²) in [6.07, 6.45) is 6.38. The molecule has 3 heteroatoms. The lowest BCUT2D eigenvalue weighted by Crippen LogP contribution is -2.46. The first-order chi connectivity index (χ1) is 8.43. The van der Waals surface area contributed by atoms with E-state index in [0.29, 0.717) is 18.1 Å². The second kappa shape index (κ2) is 3.69. The Morgan fingerprint density at radius 3 is 2.89 bits per heavy atom. The summed E-state index contributed by atoms with van der Waals surface area (Å²) in [6.45, 7) is 6.77. The molecule has 0 saturated heterocycles. The summed E-state index contributed by atoms with van der Waals surface area (Å²) in [4.78, 5) is 12.0. The van der Waals surface area contributed by atoms with Gasteiger partial charge in [0.1, 0.15) is 11.5 Å². The van der Waals surface area contributed by atoms with E-state index in [2.05, 4.69) is 25.9 Å². The maximum Gasteiger partial charge on any atom is 0.145 e. The Kier molecular flexibility index (Phi) is 2.45. The average Bonchev–Trinajstić information content (AvgIpc) is 2.64. The number of carbonyl (C=O) groups excluding carboxylic acids is 1.